The molecule has 0 atom stereocenters. The average molecular weight is 494 g/mol. The Hall–Kier alpha value is -4.63. The Balaban J connectivity index is 1.60. The first kappa shape index (κ1) is 23.5. The van der Waals surface area contributed by atoms with Gasteiger partial charge < -0.3 is 26.2 Å². The zero-order valence-corrected chi connectivity index (χ0v) is 19.2. The molecule has 0 amide bonds. The number of pyridine rings is 1. The summed E-state index contributed by atoms with van der Waals surface area (Å²) in [5.41, 5.74) is 7.19. The lowest BCUT2D eigenvalue weighted by atomic mass is 10.1. The second-order valence-corrected chi connectivity index (χ2v) is 7.58. The van der Waals surface area contributed by atoms with Gasteiger partial charge in [-0.2, -0.15) is 9.78 Å². The van der Waals surface area contributed by atoms with Crippen LogP contribution in [-0.2, 0) is 4.74 Å². The van der Waals surface area contributed by atoms with Crippen molar-refractivity contribution in [1.29, 1.82) is 5.26 Å². The third kappa shape index (κ3) is 5.15. The van der Waals surface area contributed by atoms with Gasteiger partial charge in [-0.15, -0.1) is 5.10 Å². The number of aromatic nitrogens is 5. The van der Waals surface area contributed by atoms with E-state index in [2.05, 4.69) is 30.7 Å². The third-order valence-electron chi connectivity index (χ3n) is 4.78. The minimum Gasteiger partial charge on any atom is -0.507 e. The number of hydrogen-bond donors (Lipinski definition) is 4. The minimum atomic E-state index is -0.663. The molecule has 3 heterocycles. The van der Waals surface area contributed by atoms with E-state index in [1.807, 2.05) is 6.07 Å². The molecule has 35 heavy (non-hydrogen) atoms. The molecular weight excluding hydrogens is 474 g/mol. The van der Waals surface area contributed by atoms with Gasteiger partial charge in [0.2, 0.25) is 5.95 Å². The van der Waals surface area contributed by atoms with Crippen molar-refractivity contribution in [3.63, 3.8) is 0 Å². The predicted molar refractivity (Wildman–Crippen MR) is 129 cm³/mol. The van der Waals surface area contributed by atoms with Crippen LogP contribution in [0, 0.1) is 11.3 Å². The molecule has 0 unspecified atom stereocenters. The number of benzene rings is 1. The van der Waals surface area contributed by atoms with Crippen molar-refractivity contribution < 1.29 is 14.6 Å². The van der Waals surface area contributed by atoms with Crippen molar-refractivity contribution in [1.82, 2.24) is 24.6 Å². The number of nitrogens with two attached hydrogens (primary N) is 1. The van der Waals surface area contributed by atoms with Gasteiger partial charge in [-0.1, -0.05) is 11.6 Å². The second-order valence-electron chi connectivity index (χ2n) is 7.15. The Bertz CT molecular complexity index is 1450. The van der Waals surface area contributed by atoms with E-state index in [1.54, 1.807) is 37.3 Å². The van der Waals surface area contributed by atoms with Crippen LogP contribution in [0.25, 0.3) is 16.9 Å². The highest BCUT2D eigenvalue weighted by Crippen LogP contribution is 2.31. The topological polar surface area (TPSA) is 176 Å². The molecule has 5 N–H and O–H groups in total. The van der Waals surface area contributed by atoms with Crippen molar-refractivity contribution in [2.24, 2.45) is 0 Å². The fourth-order valence-corrected chi connectivity index (χ4v) is 3.34. The first-order valence-electron chi connectivity index (χ1n) is 10.5. The zero-order chi connectivity index (χ0) is 24.9. The molecule has 178 valence electrons. The summed E-state index contributed by atoms with van der Waals surface area (Å²) in [5, 5.41) is 30.1. The number of nitrogens with one attached hydrogen (secondary N) is 2. The monoisotopic (exact) mass is 493 g/mol. The van der Waals surface area contributed by atoms with E-state index in [4.69, 9.17) is 27.3 Å². The van der Waals surface area contributed by atoms with Crippen LogP contribution in [0.3, 0.4) is 0 Å². The van der Waals surface area contributed by atoms with Crippen LogP contribution in [0.5, 0.6) is 5.75 Å². The largest absolute Gasteiger partial charge is 0.507 e. The predicted octanol–water partition coefficient (Wildman–Crippen LogP) is 2.70. The van der Waals surface area contributed by atoms with E-state index in [0.29, 0.717) is 46.4 Å². The standard InChI is InChI=1S/C22H20ClN9O3/c1-2-35-21(34)20-30-18-10-15(14-5-4-13(23)9-16(14)33)28-22(32(18)31-20)27-8-7-26-17-6-3-12(11-24)19(25)29-17/h3-6,9-10,33H,2,7-8H2,1H3,(H,27,28)(H3,25,26,29). The van der Waals surface area contributed by atoms with Crippen LogP contribution in [0.2, 0.25) is 5.02 Å². The summed E-state index contributed by atoms with van der Waals surface area (Å²) in [6.45, 7) is 2.65. The number of carbonyl (C=O) groups is 1. The highest BCUT2D eigenvalue weighted by atomic mass is 35.5. The van der Waals surface area contributed by atoms with Crippen LogP contribution in [0.4, 0.5) is 17.6 Å². The number of phenols is 1. The number of fused-ring (bicyclic) bond motifs is 1. The van der Waals surface area contributed by atoms with Crippen LogP contribution >= 0.6 is 11.6 Å². The molecule has 0 aliphatic heterocycles. The average Bonchev–Trinajstić information content (AvgIpc) is 3.26. The second kappa shape index (κ2) is 10.1. The fraction of sp³-hybridized carbons (Fsp3) is 0.182. The number of halogens is 1. The summed E-state index contributed by atoms with van der Waals surface area (Å²) in [7, 11) is 0. The van der Waals surface area contributed by atoms with Crippen LogP contribution in [0.15, 0.2) is 36.4 Å². The Morgan fingerprint density at radius 3 is 2.71 bits per heavy atom. The SMILES string of the molecule is CCOC(=O)c1nc2cc(-c3ccc(Cl)cc3O)nc(NCCNc3ccc(C#N)c(N)n3)n2n1. The molecule has 0 fully saturated rings. The first-order chi connectivity index (χ1) is 16.9. The van der Waals surface area contributed by atoms with Gasteiger partial charge in [-0.25, -0.2) is 19.7 Å². The number of aromatic hydroxyl groups is 1. The molecule has 4 aromatic rings. The number of nitrogens with zero attached hydrogens (tertiary/aromatic N) is 6. The number of nitriles is 1. The van der Waals surface area contributed by atoms with Crippen molar-refractivity contribution in [3.8, 4) is 23.1 Å². The lowest BCUT2D eigenvalue weighted by molar-refractivity contribution is 0.0512. The van der Waals surface area contributed by atoms with E-state index in [9.17, 15) is 9.90 Å². The van der Waals surface area contributed by atoms with E-state index in [1.165, 1.54) is 10.6 Å². The molecule has 13 heteroatoms. The number of ether oxygens (including phenoxy) is 1. The summed E-state index contributed by atoms with van der Waals surface area (Å²) in [5.74, 6) is 0.0827. The molecule has 1 aromatic carbocycles. The smallest absolute Gasteiger partial charge is 0.378 e. The maximum atomic E-state index is 12.2. The Kier molecular flexibility index (Phi) is 6.79. The van der Waals surface area contributed by atoms with Crippen LogP contribution in [-0.4, -0.2) is 55.3 Å². The Morgan fingerprint density at radius 1 is 1.20 bits per heavy atom. The Labute approximate surface area is 204 Å². The van der Waals surface area contributed by atoms with Gasteiger partial charge in [-0.05, 0) is 37.3 Å². The molecular formula is C22H20ClN9O3. The Morgan fingerprint density at radius 2 is 2.00 bits per heavy atom. The van der Waals surface area contributed by atoms with Gasteiger partial charge in [0.05, 0.1) is 17.9 Å². The molecule has 0 bridgehead atoms. The first-order valence-corrected chi connectivity index (χ1v) is 10.9. The molecule has 0 saturated carbocycles. The van der Waals surface area contributed by atoms with Gasteiger partial charge >= 0.3 is 5.97 Å². The number of rotatable bonds is 8. The zero-order valence-electron chi connectivity index (χ0n) is 18.5. The van der Waals surface area contributed by atoms with Gasteiger partial charge in [0, 0.05) is 29.7 Å². The number of phenolic OH excluding ortho intramolecular Hbond substituents is 1. The van der Waals surface area contributed by atoms with E-state index >= 15 is 0 Å². The third-order valence-corrected chi connectivity index (χ3v) is 5.01. The minimum absolute atomic E-state index is 0.0587. The van der Waals surface area contributed by atoms with Gasteiger partial charge in [0.25, 0.3) is 5.82 Å². The number of nitrogen functional groups attached to an aromatic ring is 1. The van der Waals surface area contributed by atoms with Crippen LogP contribution in [0.1, 0.15) is 23.1 Å². The summed E-state index contributed by atoms with van der Waals surface area (Å²) < 4.78 is 6.37. The summed E-state index contributed by atoms with van der Waals surface area (Å²) in [6, 6.07) is 11.4. The van der Waals surface area contributed by atoms with Crippen molar-refractivity contribution in [2.75, 3.05) is 36.1 Å². The molecule has 0 aliphatic rings. The van der Waals surface area contributed by atoms with E-state index < -0.39 is 5.97 Å². The summed E-state index contributed by atoms with van der Waals surface area (Å²) in [4.78, 5) is 25.1. The van der Waals surface area contributed by atoms with Crippen molar-refractivity contribution in [2.45, 2.75) is 6.92 Å². The molecule has 0 spiro atoms. The maximum absolute atomic E-state index is 12.2. The molecule has 12 nitrogen and oxygen atoms in total. The van der Waals surface area contributed by atoms with Crippen LogP contribution < -0.4 is 16.4 Å². The molecule has 0 saturated heterocycles. The summed E-state index contributed by atoms with van der Waals surface area (Å²) in [6.07, 6.45) is 0. The van der Waals surface area contributed by atoms with Gasteiger partial charge in [0.1, 0.15) is 23.5 Å². The number of hydrogen-bond acceptors (Lipinski definition) is 11. The van der Waals surface area contributed by atoms with Crippen molar-refractivity contribution >= 4 is 40.8 Å². The van der Waals surface area contributed by atoms with E-state index in [-0.39, 0.29) is 29.9 Å². The summed E-state index contributed by atoms with van der Waals surface area (Å²) >= 11 is 5.95. The van der Waals surface area contributed by atoms with Crippen molar-refractivity contribution in [3.05, 3.63) is 52.8 Å². The number of carbonyl (C=O) groups excluding carboxylic acids is 1. The molecule has 3 aromatic heterocycles. The number of anilines is 3. The lowest BCUT2D eigenvalue weighted by Gasteiger charge is -2.11. The number of esters is 1. The fourth-order valence-electron chi connectivity index (χ4n) is 3.18. The maximum Gasteiger partial charge on any atom is 0.378 e. The molecule has 4 rings (SSSR count). The normalized spacial score (nSPS) is 10.7. The van der Waals surface area contributed by atoms with E-state index in [0.717, 1.165) is 0 Å². The highest BCUT2D eigenvalue weighted by Gasteiger charge is 2.18. The van der Waals surface area contributed by atoms with Gasteiger partial charge in [0.15, 0.2) is 5.65 Å². The lowest BCUT2D eigenvalue weighted by Crippen LogP contribution is -2.17. The quantitative estimate of drug-likeness (QED) is 0.209. The molecule has 0 aliphatic carbocycles. The van der Waals surface area contributed by atoms with Gasteiger partial charge in [-0.3, -0.25) is 0 Å². The molecule has 0 radical (unpaired) electrons. The highest BCUT2D eigenvalue weighted by molar-refractivity contribution is 6.30.